The van der Waals surface area contributed by atoms with E-state index in [2.05, 4.69) is 13.8 Å². The van der Waals surface area contributed by atoms with E-state index in [4.69, 9.17) is 4.74 Å². The number of hydrogen-bond donors (Lipinski definition) is 1. The van der Waals surface area contributed by atoms with E-state index in [9.17, 15) is 9.90 Å². The molecule has 5 aliphatic rings. The topological polar surface area (TPSA) is 46.5 Å². The van der Waals surface area contributed by atoms with Gasteiger partial charge in [-0.15, -0.1) is 0 Å². The van der Waals surface area contributed by atoms with Gasteiger partial charge in [-0.3, -0.25) is 4.79 Å². The predicted octanol–water partition coefficient (Wildman–Crippen LogP) is 4.57. The Morgan fingerprint density at radius 1 is 0.923 bits per heavy atom. The summed E-state index contributed by atoms with van der Waals surface area (Å²) in [5.41, 5.74) is 0.894. The maximum absolute atomic E-state index is 11.7. The monoisotopic (exact) mass is 360 g/mol. The van der Waals surface area contributed by atoms with E-state index < -0.39 is 0 Å². The van der Waals surface area contributed by atoms with Gasteiger partial charge in [0.05, 0.1) is 19.1 Å². The molecule has 4 saturated carbocycles. The maximum atomic E-state index is 11.7. The van der Waals surface area contributed by atoms with Crippen molar-refractivity contribution in [3.8, 4) is 0 Å². The van der Waals surface area contributed by atoms with Crippen LogP contribution in [0.1, 0.15) is 78.1 Å². The first-order valence-electron chi connectivity index (χ1n) is 11.3. The van der Waals surface area contributed by atoms with Crippen molar-refractivity contribution in [1.82, 2.24) is 0 Å². The van der Waals surface area contributed by atoms with Crippen molar-refractivity contribution in [2.24, 2.45) is 46.3 Å². The Hall–Kier alpha value is -0.570. The van der Waals surface area contributed by atoms with Gasteiger partial charge < -0.3 is 9.84 Å². The third kappa shape index (κ3) is 2.38. The summed E-state index contributed by atoms with van der Waals surface area (Å²) in [7, 11) is 0. The first-order valence-corrected chi connectivity index (χ1v) is 11.3. The van der Waals surface area contributed by atoms with Crippen molar-refractivity contribution < 1.29 is 14.6 Å². The summed E-state index contributed by atoms with van der Waals surface area (Å²) in [6, 6.07) is 0. The first-order chi connectivity index (χ1) is 12.4. The van der Waals surface area contributed by atoms with Gasteiger partial charge >= 0.3 is 5.97 Å². The molecule has 146 valence electrons. The van der Waals surface area contributed by atoms with E-state index in [0.717, 1.165) is 36.5 Å². The number of cyclic esters (lactones) is 1. The van der Waals surface area contributed by atoms with Crippen LogP contribution in [-0.2, 0) is 9.53 Å². The van der Waals surface area contributed by atoms with Crippen LogP contribution in [0.2, 0.25) is 0 Å². The van der Waals surface area contributed by atoms with Crippen molar-refractivity contribution in [2.75, 3.05) is 6.61 Å². The number of aliphatic hydroxyl groups is 1. The summed E-state index contributed by atoms with van der Waals surface area (Å²) in [4.78, 5) is 11.7. The zero-order valence-corrected chi connectivity index (χ0v) is 16.6. The largest absolute Gasteiger partial charge is 0.465 e. The van der Waals surface area contributed by atoms with Gasteiger partial charge in [0.1, 0.15) is 0 Å². The Morgan fingerprint density at radius 3 is 2.42 bits per heavy atom. The molecule has 4 aliphatic carbocycles. The molecule has 0 aromatic rings. The highest BCUT2D eigenvalue weighted by Crippen LogP contribution is 2.68. The molecule has 9 unspecified atom stereocenters. The van der Waals surface area contributed by atoms with Crippen LogP contribution in [0, 0.1) is 46.3 Å². The Labute approximate surface area is 158 Å². The minimum atomic E-state index is -0.0470. The zero-order valence-electron chi connectivity index (χ0n) is 16.6. The molecule has 0 aromatic heterocycles. The van der Waals surface area contributed by atoms with Crippen LogP contribution in [-0.4, -0.2) is 23.8 Å². The van der Waals surface area contributed by atoms with Crippen LogP contribution in [0.4, 0.5) is 0 Å². The van der Waals surface area contributed by atoms with Crippen LogP contribution in [0.25, 0.3) is 0 Å². The summed E-state index contributed by atoms with van der Waals surface area (Å²) >= 11 is 0. The fourth-order valence-electron chi connectivity index (χ4n) is 8.84. The molecule has 1 saturated heterocycles. The SMILES string of the molecule is CC12CCC(O)CC1CCC1C2CCC2(C)C(C3COC(=O)C3)CCC12. The highest BCUT2D eigenvalue weighted by Gasteiger charge is 2.61. The number of carbonyl (C=O) groups is 1. The van der Waals surface area contributed by atoms with Crippen molar-refractivity contribution in [3.63, 3.8) is 0 Å². The van der Waals surface area contributed by atoms with Crippen LogP contribution in [0.5, 0.6) is 0 Å². The zero-order chi connectivity index (χ0) is 18.1. The lowest BCUT2D eigenvalue weighted by Gasteiger charge is -2.61. The Kier molecular flexibility index (Phi) is 4.02. The van der Waals surface area contributed by atoms with E-state index in [0.29, 0.717) is 35.7 Å². The summed E-state index contributed by atoms with van der Waals surface area (Å²) in [5, 5.41) is 10.2. The van der Waals surface area contributed by atoms with Crippen molar-refractivity contribution in [2.45, 2.75) is 84.2 Å². The van der Waals surface area contributed by atoms with E-state index in [-0.39, 0.29) is 12.1 Å². The van der Waals surface area contributed by atoms with Crippen LogP contribution in [0.15, 0.2) is 0 Å². The number of aliphatic hydroxyl groups excluding tert-OH is 1. The molecular formula is C23H36O3. The molecule has 0 spiro atoms. The molecule has 0 amide bonds. The number of esters is 1. The molecule has 26 heavy (non-hydrogen) atoms. The molecule has 1 N–H and O–H groups in total. The van der Waals surface area contributed by atoms with Gasteiger partial charge in [0.25, 0.3) is 0 Å². The molecule has 9 atom stereocenters. The molecule has 0 bridgehead atoms. The summed E-state index contributed by atoms with van der Waals surface area (Å²) in [5.74, 6) is 4.55. The fourth-order valence-corrected chi connectivity index (χ4v) is 8.84. The Bertz CT molecular complexity index is 588. The standard InChI is InChI=1S/C23H36O3/c1-22-9-7-16(24)12-15(22)3-4-17-19-6-5-18(14-11-21(25)26-13-14)23(19,2)10-8-20(17)22/h14-20,24H,3-13H2,1-2H3. The highest BCUT2D eigenvalue weighted by molar-refractivity contribution is 5.71. The number of carbonyl (C=O) groups excluding carboxylic acids is 1. The van der Waals surface area contributed by atoms with E-state index in [1.54, 1.807) is 0 Å². The lowest BCUT2D eigenvalue weighted by atomic mass is 9.44. The summed E-state index contributed by atoms with van der Waals surface area (Å²) < 4.78 is 5.34. The van der Waals surface area contributed by atoms with Crippen molar-refractivity contribution in [3.05, 3.63) is 0 Å². The molecule has 5 fully saturated rings. The molecule has 1 heterocycles. The normalized spacial score (nSPS) is 56.4. The average molecular weight is 361 g/mol. The average Bonchev–Trinajstić information content (AvgIpc) is 3.18. The third-order valence-corrected chi connectivity index (χ3v) is 10.2. The van der Waals surface area contributed by atoms with Gasteiger partial charge in [-0.05, 0) is 98.2 Å². The van der Waals surface area contributed by atoms with Crippen LogP contribution < -0.4 is 0 Å². The first kappa shape index (κ1) is 17.5. The minimum absolute atomic E-state index is 0.0320. The molecule has 3 nitrogen and oxygen atoms in total. The molecule has 0 radical (unpaired) electrons. The molecular weight excluding hydrogens is 324 g/mol. The predicted molar refractivity (Wildman–Crippen MR) is 100 cm³/mol. The second-order valence-corrected chi connectivity index (χ2v) is 11.0. The van der Waals surface area contributed by atoms with Gasteiger partial charge in [-0.25, -0.2) is 0 Å². The second kappa shape index (κ2) is 5.96. The minimum Gasteiger partial charge on any atom is -0.465 e. The molecule has 0 aromatic carbocycles. The van der Waals surface area contributed by atoms with Gasteiger partial charge in [0.15, 0.2) is 0 Å². The fraction of sp³-hybridized carbons (Fsp3) is 0.957. The quantitative estimate of drug-likeness (QED) is 0.697. The smallest absolute Gasteiger partial charge is 0.306 e. The lowest BCUT2D eigenvalue weighted by Crippen LogP contribution is -2.54. The van der Waals surface area contributed by atoms with Crippen molar-refractivity contribution >= 4 is 5.97 Å². The van der Waals surface area contributed by atoms with E-state index in [1.165, 1.54) is 44.9 Å². The second-order valence-electron chi connectivity index (χ2n) is 11.0. The van der Waals surface area contributed by atoms with Crippen LogP contribution >= 0.6 is 0 Å². The molecule has 3 heteroatoms. The van der Waals surface area contributed by atoms with Crippen molar-refractivity contribution in [1.29, 1.82) is 0 Å². The van der Waals surface area contributed by atoms with E-state index >= 15 is 0 Å². The number of fused-ring (bicyclic) bond motifs is 5. The highest BCUT2D eigenvalue weighted by atomic mass is 16.5. The van der Waals surface area contributed by atoms with Gasteiger partial charge in [-0.2, -0.15) is 0 Å². The number of ether oxygens (including phenoxy) is 1. The van der Waals surface area contributed by atoms with Crippen LogP contribution in [0.3, 0.4) is 0 Å². The summed E-state index contributed by atoms with van der Waals surface area (Å²) in [6.45, 7) is 5.81. The van der Waals surface area contributed by atoms with Gasteiger partial charge in [-0.1, -0.05) is 13.8 Å². The summed E-state index contributed by atoms with van der Waals surface area (Å²) in [6.07, 6.45) is 12.0. The van der Waals surface area contributed by atoms with Gasteiger partial charge in [0, 0.05) is 5.92 Å². The molecule has 5 rings (SSSR count). The third-order valence-electron chi connectivity index (χ3n) is 10.2. The van der Waals surface area contributed by atoms with E-state index in [1.807, 2.05) is 0 Å². The maximum Gasteiger partial charge on any atom is 0.306 e. The van der Waals surface area contributed by atoms with Gasteiger partial charge in [0.2, 0.25) is 0 Å². The molecule has 1 aliphatic heterocycles. The lowest BCUT2D eigenvalue weighted by molar-refractivity contribution is -0.137. The number of rotatable bonds is 1. The Balaban J connectivity index is 1.39. The number of hydrogen-bond acceptors (Lipinski definition) is 3. The Morgan fingerprint density at radius 2 is 1.65 bits per heavy atom.